The molecule has 0 saturated heterocycles. The van der Waals surface area contributed by atoms with E-state index in [9.17, 15) is 10.1 Å². The van der Waals surface area contributed by atoms with Crippen molar-refractivity contribution in [1.29, 1.82) is 5.26 Å². The van der Waals surface area contributed by atoms with Crippen LogP contribution in [0.15, 0.2) is 30.0 Å². The van der Waals surface area contributed by atoms with Crippen molar-refractivity contribution in [1.82, 2.24) is 5.32 Å². The number of rotatable bonds is 5. The summed E-state index contributed by atoms with van der Waals surface area (Å²) in [6, 6.07) is 7.70. The molecule has 1 amide bonds. The molecule has 4 aliphatic rings. The van der Waals surface area contributed by atoms with Crippen LogP contribution in [0.5, 0.6) is 0 Å². The second kappa shape index (κ2) is 7.44. The summed E-state index contributed by atoms with van der Waals surface area (Å²) >= 11 is 6.14. The minimum absolute atomic E-state index is 0.0910. The zero-order chi connectivity index (χ0) is 19.9. The monoisotopic (exact) mass is 397 g/mol. The number of nitrogens with one attached hydrogen (secondary N) is 2. The number of anilines is 1. The van der Waals surface area contributed by atoms with E-state index in [1.165, 1.54) is 44.7 Å². The van der Waals surface area contributed by atoms with Gasteiger partial charge in [-0.05, 0) is 93.2 Å². The highest BCUT2D eigenvalue weighted by Gasteiger charge is 2.53. The molecule has 5 heteroatoms. The van der Waals surface area contributed by atoms with Gasteiger partial charge in [0.05, 0.1) is 0 Å². The number of nitrogens with zero attached hydrogens (tertiary/aromatic N) is 1. The van der Waals surface area contributed by atoms with Crippen molar-refractivity contribution < 1.29 is 4.79 Å². The predicted octanol–water partition coefficient (Wildman–Crippen LogP) is 5.19. The van der Waals surface area contributed by atoms with Gasteiger partial charge in [0.25, 0.3) is 5.91 Å². The fourth-order valence-corrected chi connectivity index (χ4v) is 6.30. The van der Waals surface area contributed by atoms with Crippen LogP contribution in [0.4, 0.5) is 5.69 Å². The molecular formula is C23H28ClN3O. The van der Waals surface area contributed by atoms with Crippen molar-refractivity contribution in [2.75, 3.05) is 5.32 Å². The van der Waals surface area contributed by atoms with Crippen molar-refractivity contribution in [3.05, 3.63) is 40.6 Å². The minimum Gasteiger partial charge on any atom is -0.360 e. The molecule has 148 valence electrons. The summed E-state index contributed by atoms with van der Waals surface area (Å²) in [7, 11) is 0. The number of nitriles is 1. The molecule has 4 nitrogen and oxygen atoms in total. The molecule has 0 aromatic heterocycles. The quantitative estimate of drug-likeness (QED) is 0.530. The third-order valence-corrected chi connectivity index (χ3v) is 7.68. The van der Waals surface area contributed by atoms with E-state index < -0.39 is 0 Å². The van der Waals surface area contributed by atoms with Gasteiger partial charge in [-0.3, -0.25) is 4.79 Å². The number of benzene rings is 1. The molecule has 0 radical (unpaired) electrons. The van der Waals surface area contributed by atoms with Crippen LogP contribution in [0.2, 0.25) is 5.02 Å². The van der Waals surface area contributed by atoms with E-state index in [4.69, 9.17) is 11.6 Å². The van der Waals surface area contributed by atoms with E-state index in [0.29, 0.717) is 5.02 Å². The molecule has 5 rings (SSSR count). The molecule has 0 aliphatic heterocycles. The molecule has 4 saturated carbocycles. The molecule has 4 aliphatic carbocycles. The fraction of sp³-hybridized carbons (Fsp3) is 0.565. The van der Waals surface area contributed by atoms with Crippen molar-refractivity contribution in [2.45, 2.75) is 58.4 Å². The SMILES string of the molecule is Cc1ccc(N/C=C(/C#N)C(=O)NC(C)C23CC4CC(CC(C4)C2)C3)cc1Cl. The van der Waals surface area contributed by atoms with Crippen LogP contribution in [0, 0.1) is 41.4 Å². The van der Waals surface area contributed by atoms with E-state index in [2.05, 4.69) is 17.6 Å². The summed E-state index contributed by atoms with van der Waals surface area (Å²) in [4.78, 5) is 12.8. The summed E-state index contributed by atoms with van der Waals surface area (Å²) in [6.07, 6.45) is 9.30. The Morgan fingerprint density at radius 3 is 2.39 bits per heavy atom. The summed E-state index contributed by atoms with van der Waals surface area (Å²) in [5.74, 6) is 2.22. The maximum atomic E-state index is 12.8. The Balaban J connectivity index is 1.43. The molecule has 0 heterocycles. The number of halogens is 1. The lowest BCUT2D eigenvalue weighted by atomic mass is 9.48. The number of aryl methyl sites for hydroxylation is 1. The van der Waals surface area contributed by atoms with Gasteiger partial charge in [0.1, 0.15) is 11.6 Å². The molecule has 4 bridgehead atoms. The highest BCUT2D eigenvalue weighted by molar-refractivity contribution is 6.31. The van der Waals surface area contributed by atoms with E-state index in [0.717, 1.165) is 29.0 Å². The average molecular weight is 398 g/mol. The molecule has 1 aromatic rings. The van der Waals surface area contributed by atoms with Crippen LogP contribution in [0.25, 0.3) is 0 Å². The molecular weight excluding hydrogens is 370 g/mol. The summed E-state index contributed by atoms with van der Waals surface area (Å²) in [5.41, 5.74) is 2.06. The third kappa shape index (κ3) is 3.65. The van der Waals surface area contributed by atoms with Gasteiger partial charge in [-0.25, -0.2) is 0 Å². The first-order valence-electron chi connectivity index (χ1n) is 10.3. The summed E-state index contributed by atoms with van der Waals surface area (Å²) in [5, 5.41) is 16.3. The number of carbonyl (C=O) groups is 1. The molecule has 1 aromatic carbocycles. The van der Waals surface area contributed by atoms with Crippen LogP contribution in [0.1, 0.15) is 51.0 Å². The van der Waals surface area contributed by atoms with Crippen molar-refractivity contribution in [2.24, 2.45) is 23.2 Å². The first-order valence-corrected chi connectivity index (χ1v) is 10.7. The Hall–Kier alpha value is -1.99. The van der Waals surface area contributed by atoms with Crippen LogP contribution in [-0.2, 0) is 4.79 Å². The lowest BCUT2D eigenvalue weighted by Gasteiger charge is -2.59. The summed E-state index contributed by atoms with van der Waals surface area (Å²) in [6.45, 7) is 4.06. The second-order valence-electron chi connectivity index (χ2n) is 9.25. The normalized spacial score (nSPS) is 31.9. The number of hydrogen-bond acceptors (Lipinski definition) is 3. The van der Waals surface area contributed by atoms with E-state index in [1.54, 1.807) is 6.07 Å². The molecule has 1 atom stereocenters. The molecule has 2 N–H and O–H groups in total. The van der Waals surface area contributed by atoms with Gasteiger partial charge >= 0.3 is 0 Å². The van der Waals surface area contributed by atoms with Gasteiger partial charge in [-0.15, -0.1) is 0 Å². The summed E-state index contributed by atoms with van der Waals surface area (Å²) < 4.78 is 0. The largest absolute Gasteiger partial charge is 0.360 e. The minimum atomic E-state index is -0.295. The number of amides is 1. The van der Waals surface area contributed by atoms with Crippen LogP contribution in [-0.4, -0.2) is 11.9 Å². The van der Waals surface area contributed by atoms with Gasteiger partial charge < -0.3 is 10.6 Å². The van der Waals surface area contributed by atoms with Gasteiger partial charge in [0.2, 0.25) is 0 Å². The smallest absolute Gasteiger partial charge is 0.263 e. The molecule has 28 heavy (non-hydrogen) atoms. The van der Waals surface area contributed by atoms with Crippen molar-refractivity contribution in [3.8, 4) is 6.07 Å². The molecule has 1 unspecified atom stereocenters. The predicted molar refractivity (Wildman–Crippen MR) is 112 cm³/mol. The zero-order valence-corrected chi connectivity index (χ0v) is 17.4. The maximum Gasteiger partial charge on any atom is 0.263 e. The van der Waals surface area contributed by atoms with E-state index in [1.807, 2.05) is 25.1 Å². The average Bonchev–Trinajstić information content (AvgIpc) is 2.64. The second-order valence-corrected chi connectivity index (χ2v) is 9.66. The third-order valence-electron chi connectivity index (χ3n) is 7.27. The molecule has 4 fully saturated rings. The standard InChI is InChI=1S/C23H28ClN3O/c1-14-3-4-20(8-21(14)24)26-13-19(12-25)22(28)27-15(2)23-9-16-5-17(10-23)7-18(6-16)11-23/h3-4,8,13,15-18,26H,5-7,9-11H2,1-2H3,(H,27,28)/b19-13-. The van der Waals surface area contributed by atoms with Gasteiger partial charge in [-0.1, -0.05) is 17.7 Å². The first kappa shape index (κ1) is 19.3. The Bertz CT molecular complexity index is 819. The number of hydrogen-bond donors (Lipinski definition) is 2. The lowest BCUT2D eigenvalue weighted by molar-refractivity contribution is -0.122. The Labute approximate surface area is 172 Å². The molecule has 0 spiro atoms. The zero-order valence-electron chi connectivity index (χ0n) is 16.6. The van der Waals surface area contributed by atoms with Crippen LogP contribution in [0.3, 0.4) is 0 Å². The fourth-order valence-electron chi connectivity index (χ4n) is 6.12. The highest BCUT2D eigenvalue weighted by Crippen LogP contribution is 2.61. The Morgan fingerprint density at radius 1 is 1.25 bits per heavy atom. The van der Waals surface area contributed by atoms with Gasteiger partial charge in [0.15, 0.2) is 0 Å². The van der Waals surface area contributed by atoms with E-state index in [-0.39, 0.29) is 22.9 Å². The highest BCUT2D eigenvalue weighted by atomic mass is 35.5. The number of carbonyl (C=O) groups excluding carboxylic acids is 1. The maximum absolute atomic E-state index is 12.8. The van der Waals surface area contributed by atoms with Gasteiger partial charge in [0, 0.05) is 23.0 Å². The van der Waals surface area contributed by atoms with Gasteiger partial charge in [-0.2, -0.15) is 5.26 Å². The van der Waals surface area contributed by atoms with Crippen LogP contribution >= 0.6 is 11.6 Å². The topological polar surface area (TPSA) is 64.9 Å². The lowest BCUT2D eigenvalue weighted by Crippen LogP contribution is -2.56. The van der Waals surface area contributed by atoms with E-state index >= 15 is 0 Å². The van der Waals surface area contributed by atoms with Crippen LogP contribution < -0.4 is 10.6 Å². The first-order chi connectivity index (χ1) is 13.4. The van der Waals surface area contributed by atoms with Crippen molar-refractivity contribution >= 4 is 23.2 Å². The van der Waals surface area contributed by atoms with Crippen molar-refractivity contribution in [3.63, 3.8) is 0 Å². The Morgan fingerprint density at radius 2 is 1.86 bits per heavy atom. The Kier molecular flexibility index (Phi) is 5.14.